The van der Waals surface area contributed by atoms with Gasteiger partial charge in [-0.3, -0.25) is 0 Å². The monoisotopic (exact) mass is 284 g/mol. The number of ether oxygens (including phenoxy) is 2. The van der Waals surface area contributed by atoms with Crippen LogP contribution in [0.1, 0.15) is 13.3 Å². The van der Waals surface area contributed by atoms with Crippen molar-refractivity contribution in [2.75, 3.05) is 13.2 Å². The fourth-order valence-electron chi connectivity index (χ4n) is 0.715. The maximum Gasteiger partial charge on any atom is 0.508 e. The lowest BCUT2D eigenvalue weighted by Gasteiger charge is -2.31. The van der Waals surface area contributed by atoms with Crippen LogP contribution >= 0.6 is 0 Å². The average Bonchev–Trinajstić information content (AvgIpc) is 2.19. The van der Waals surface area contributed by atoms with E-state index in [2.05, 4.69) is 9.47 Å². The third-order valence-electron chi connectivity index (χ3n) is 1.76. The van der Waals surface area contributed by atoms with Crippen LogP contribution in [0.2, 0.25) is 0 Å². The zero-order chi connectivity index (χ0) is 14.6. The van der Waals surface area contributed by atoms with Gasteiger partial charge in [-0.15, -0.1) is 0 Å². The lowest BCUT2D eigenvalue weighted by atomic mass is 10.1. The van der Waals surface area contributed by atoms with Gasteiger partial charge < -0.3 is 14.6 Å². The molecule has 0 aromatic heterocycles. The van der Waals surface area contributed by atoms with E-state index in [9.17, 15) is 31.1 Å². The number of aliphatic hydroxyl groups is 1. The molecular weight excluding hydrogens is 274 g/mol. The summed E-state index contributed by atoms with van der Waals surface area (Å²) in [5.41, 5.74) is -5.12. The normalized spacial score (nSPS) is 13.3. The molecule has 0 amide bonds. The molecule has 0 bridgehead atoms. The van der Waals surface area contributed by atoms with Gasteiger partial charge in [0.25, 0.3) is 5.60 Å². The summed E-state index contributed by atoms with van der Waals surface area (Å²) in [6.45, 7) is -0.993. The molecule has 10 heteroatoms. The Kier molecular flexibility index (Phi) is 5.26. The van der Waals surface area contributed by atoms with Crippen LogP contribution in [0.4, 0.5) is 31.1 Å². The first-order valence-corrected chi connectivity index (χ1v) is 4.61. The van der Waals surface area contributed by atoms with Crippen molar-refractivity contribution in [2.45, 2.75) is 31.3 Å². The zero-order valence-electron chi connectivity index (χ0n) is 9.06. The fraction of sp³-hybridized carbons (Fsp3) is 0.875. The Balaban J connectivity index is 4.71. The highest BCUT2D eigenvalue weighted by molar-refractivity contribution is 5.59. The van der Waals surface area contributed by atoms with Crippen molar-refractivity contribution in [3.8, 4) is 0 Å². The van der Waals surface area contributed by atoms with Crippen molar-refractivity contribution >= 4 is 6.16 Å². The molecule has 0 heterocycles. The molecule has 0 atom stereocenters. The molecule has 1 N–H and O–H groups in total. The third-order valence-corrected chi connectivity index (χ3v) is 1.76. The molecule has 0 aromatic rings. The van der Waals surface area contributed by atoms with Gasteiger partial charge in [0, 0.05) is 0 Å². The minimum Gasteiger partial charge on any atom is -0.434 e. The number of carbonyl (C=O) groups excluding carboxylic acids is 1. The zero-order valence-corrected chi connectivity index (χ0v) is 9.06. The molecule has 4 nitrogen and oxygen atoms in total. The second kappa shape index (κ2) is 5.63. The van der Waals surface area contributed by atoms with Crippen molar-refractivity contribution in [3.05, 3.63) is 0 Å². The molecule has 0 saturated carbocycles. The second-order valence-corrected chi connectivity index (χ2v) is 3.24. The van der Waals surface area contributed by atoms with Crippen LogP contribution in [0.15, 0.2) is 0 Å². The number of hydrogen-bond acceptors (Lipinski definition) is 4. The summed E-state index contributed by atoms with van der Waals surface area (Å²) in [7, 11) is 0. The molecule has 0 aliphatic carbocycles. The maximum atomic E-state index is 12.1. The lowest BCUT2D eigenvalue weighted by molar-refractivity contribution is -0.375. The van der Waals surface area contributed by atoms with Crippen LogP contribution < -0.4 is 0 Å². The highest BCUT2D eigenvalue weighted by Gasteiger charge is 2.71. The van der Waals surface area contributed by atoms with E-state index >= 15 is 0 Å². The predicted octanol–water partition coefficient (Wildman–Crippen LogP) is 2.41. The van der Waals surface area contributed by atoms with E-state index in [1.165, 1.54) is 0 Å². The van der Waals surface area contributed by atoms with Crippen molar-refractivity contribution in [3.63, 3.8) is 0 Å². The number of rotatable bonds is 4. The Labute approximate surface area is 97.5 Å². The molecule has 0 unspecified atom stereocenters. The Morgan fingerprint density at radius 2 is 1.50 bits per heavy atom. The first-order valence-electron chi connectivity index (χ1n) is 4.61. The minimum absolute atomic E-state index is 0.227. The largest absolute Gasteiger partial charge is 0.508 e. The third kappa shape index (κ3) is 3.93. The Hall–Kier alpha value is -1.19. The Morgan fingerprint density at radius 1 is 1.06 bits per heavy atom. The summed E-state index contributed by atoms with van der Waals surface area (Å²) in [5.74, 6) is 0. The van der Waals surface area contributed by atoms with E-state index in [-0.39, 0.29) is 6.61 Å². The molecule has 0 rings (SSSR count). The molecule has 0 aliphatic rings. The van der Waals surface area contributed by atoms with Crippen LogP contribution in [0.25, 0.3) is 0 Å². The first-order chi connectivity index (χ1) is 7.95. The number of alkyl halides is 6. The van der Waals surface area contributed by atoms with Gasteiger partial charge in [-0.2, -0.15) is 26.3 Å². The number of halogens is 6. The SMILES string of the molecule is CCCOC(=O)OCC(O)(C(F)(F)F)C(F)(F)F. The van der Waals surface area contributed by atoms with E-state index in [0.29, 0.717) is 6.42 Å². The molecular formula is C8H10F6O4. The molecule has 0 fully saturated rings. The molecule has 0 spiro atoms. The van der Waals surface area contributed by atoms with Gasteiger partial charge in [-0.1, -0.05) is 6.92 Å². The molecule has 0 radical (unpaired) electrons. The summed E-state index contributed by atoms with van der Waals surface area (Å²) < 4.78 is 80.3. The second-order valence-electron chi connectivity index (χ2n) is 3.24. The maximum absolute atomic E-state index is 12.1. The van der Waals surface area contributed by atoms with E-state index < -0.39 is 30.7 Å². The standard InChI is InChI=1S/C8H10F6O4/c1-2-3-17-5(15)18-4-6(16,7(9,10)11)8(12,13)14/h16H,2-4H2,1H3. The van der Waals surface area contributed by atoms with Gasteiger partial charge in [0.05, 0.1) is 6.61 Å². The minimum atomic E-state index is -6.03. The molecule has 0 saturated heterocycles. The van der Waals surface area contributed by atoms with Gasteiger partial charge in [0.1, 0.15) is 6.61 Å². The van der Waals surface area contributed by atoms with Crippen LogP contribution in [0.5, 0.6) is 0 Å². The lowest BCUT2D eigenvalue weighted by Crippen LogP contribution is -2.60. The summed E-state index contributed by atoms with van der Waals surface area (Å²) in [4.78, 5) is 10.6. The number of hydrogen-bond donors (Lipinski definition) is 1. The highest BCUT2D eigenvalue weighted by Crippen LogP contribution is 2.43. The van der Waals surface area contributed by atoms with Gasteiger partial charge >= 0.3 is 18.5 Å². The average molecular weight is 284 g/mol. The number of carbonyl (C=O) groups is 1. The van der Waals surface area contributed by atoms with Crippen molar-refractivity contribution in [1.29, 1.82) is 0 Å². The Morgan fingerprint density at radius 3 is 1.83 bits per heavy atom. The molecule has 18 heavy (non-hydrogen) atoms. The van der Waals surface area contributed by atoms with Crippen LogP contribution in [-0.2, 0) is 9.47 Å². The summed E-state index contributed by atoms with van der Waals surface area (Å²) in [6, 6.07) is 0. The quantitative estimate of drug-likeness (QED) is 0.636. The highest BCUT2D eigenvalue weighted by atomic mass is 19.4. The van der Waals surface area contributed by atoms with Crippen LogP contribution in [0, 0.1) is 0 Å². The van der Waals surface area contributed by atoms with Gasteiger partial charge in [-0.25, -0.2) is 4.79 Å². The topological polar surface area (TPSA) is 55.8 Å². The van der Waals surface area contributed by atoms with Gasteiger partial charge in [0.15, 0.2) is 0 Å². The van der Waals surface area contributed by atoms with Gasteiger partial charge in [0.2, 0.25) is 0 Å². The van der Waals surface area contributed by atoms with Gasteiger partial charge in [-0.05, 0) is 6.42 Å². The van der Waals surface area contributed by atoms with Crippen molar-refractivity contribution in [1.82, 2.24) is 0 Å². The summed E-state index contributed by atoms with van der Waals surface area (Å²) in [5, 5.41) is 8.58. The molecule has 0 aromatic carbocycles. The molecule has 0 aliphatic heterocycles. The van der Waals surface area contributed by atoms with E-state index in [4.69, 9.17) is 5.11 Å². The van der Waals surface area contributed by atoms with E-state index in [1.54, 1.807) is 6.92 Å². The summed E-state index contributed by atoms with van der Waals surface area (Å²) in [6.07, 6.45) is -13.5. The van der Waals surface area contributed by atoms with Crippen LogP contribution in [0.3, 0.4) is 0 Å². The smallest absolute Gasteiger partial charge is 0.434 e. The predicted molar refractivity (Wildman–Crippen MR) is 44.7 cm³/mol. The van der Waals surface area contributed by atoms with E-state index in [1.807, 2.05) is 0 Å². The summed E-state index contributed by atoms with van der Waals surface area (Å²) >= 11 is 0. The Bertz CT molecular complexity index is 270. The first kappa shape index (κ1) is 16.8. The van der Waals surface area contributed by atoms with Crippen molar-refractivity contribution < 1.29 is 45.7 Å². The van der Waals surface area contributed by atoms with E-state index in [0.717, 1.165) is 0 Å². The van der Waals surface area contributed by atoms with Crippen molar-refractivity contribution in [2.24, 2.45) is 0 Å². The fourth-order valence-corrected chi connectivity index (χ4v) is 0.715. The van der Waals surface area contributed by atoms with Crippen LogP contribution in [-0.4, -0.2) is 42.4 Å². The molecule has 108 valence electrons.